The third kappa shape index (κ3) is 2.97. The van der Waals surface area contributed by atoms with Gasteiger partial charge in [-0.25, -0.2) is 9.59 Å². The molecule has 5 heterocycles. The van der Waals surface area contributed by atoms with E-state index in [4.69, 9.17) is 27.8 Å². The molecule has 0 saturated heterocycles. The van der Waals surface area contributed by atoms with Crippen LogP contribution >= 0.6 is 0 Å². The lowest BCUT2D eigenvalue weighted by Crippen LogP contribution is -2.02. The Labute approximate surface area is 211 Å². The molecule has 0 amide bonds. The Balaban J connectivity index is 1.26. The Kier molecular flexibility index (Phi) is 3.95. The van der Waals surface area contributed by atoms with Crippen molar-refractivity contribution in [1.82, 2.24) is 0 Å². The zero-order valence-electron chi connectivity index (χ0n) is 19.4. The molecule has 8 rings (SSSR count). The third-order valence-corrected chi connectivity index (χ3v) is 6.71. The van der Waals surface area contributed by atoms with E-state index in [1.54, 1.807) is 42.5 Å². The van der Waals surface area contributed by atoms with E-state index in [9.17, 15) is 9.59 Å². The number of hydrogen-bond donors (Lipinski definition) is 1. The Morgan fingerprint density at radius 3 is 1.71 bits per heavy atom. The topological polar surface area (TPSA) is 126 Å². The van der Waals surface area contributed by atoms with Gasteiger partial charge in [-0.05, 0) is 47.2 Å². The standard InChI is InChI=1S/C30H15NO7/c31-18-6-5-16-8-19(29(32)38-22(16)11-18)23-12-25-27(35-23)28-26(34-25)13-24(36-28)20-9-17-7-14-3-1-2-4-15(14)10-21(17)37-30(20)33/h1-13H,31H2. The van der Waals surface area contributed by atoms with Crippen molar-refractivity contribution in [3.63, 3.8) is 0 Å². The molecule has 0 bridgehead atoms. The van der Waals surface area contributed by atoms with Gasteiger partial charge in [-0.15, -0.1) is 0 Å². The lowest BCUT2D eigenvalue weighted by atomic mass is 10.1. The zero-order valence-corrected chi connectivity index (χ0v) is 19.4. The van der Waals surface area contributed by atoms with Crippen LogP contribution in [-0.2, 0) is 0 Å². The minimum atomic E-state index is -0.572. The average Bonchev–Trinajstić information content (AvgIpc) is 3.57. The van der Waals surface area contributed by atoms with E-state index in [1.165, 1.54) is 0 Å². The molecular formula is C30H15NO7. The van der Waals surface area contributed by atoms with Gasteiger partial charge in [0.2, 0.25) is 11.2 Å². The van der Waals surface area contributed by atoms with Crippen LogP contribution in [-0.4, -0.2) is 0 Å². The number of furan rings is 3. The summed E-state index contributed by atoms with van der Waals surface area (Å²) in [6, 6.07) is 23.4. The maximum atomic E-state index is 12.9. The molecule has 0 fully saturated rings. The van der Waals surface area contributed by atoms with Crippen molar-refractivity contribution in [2.75, 3.05) is 5.73 Å². The van der Waals surface area contributed by atoms with Crippen LogP contribution in [0.4, 0.5) is 5.69 Å². The highest BCUT2D eigenvalue weighted by Crippen LogP contribution is 2.39. The smallest absolute Gasteiger partial charge is 0.347 e. The Bertz CT molecular complexity index is 2360. The van der Waals surface area contributed by atoms with Gasteiger partial charge in [-0.1, -0.05) is 24.3 Å². The lowest BCUT2D eigenvalue weighted by Gasteiger charge is -2.02. The van der Waals surface area contributed by atoms with Gasteiger partial charge in [0.1, 0.15) is 33.8 Å². The summed E-state index contributed by atoms with van der Waals surface area (Å²) in [5, 5.41) is 3.47. The molecule has 0 atom stereocenters. The number of benzene rings is 3. The van der Waals surface area contributed by atoms with Crippen molar-refractivity contribution in [2.24, 2.45) is 0 Å². The number of rotatable bonds is 2. The van der Waals surface area contributed by atoms with E-state index >= 15 is 0 Å². The van der Waals surface area contributed by atoms with Crippen molar-refractivity contribution in [1.29, 1.82) is 0 Å². The second-order valence-corrected chi connectivity index (χ2v) is 9.14. The monoisotopic (exact) mass is 501 g/mol. The normalized spacial score (nSPS) is 12.0. The third-order valence-electron chi connectivity index (χ3n) is 6.71. The number of fused-ring (bicyclic) bond motifs is 6. The lowest BCUT2D eigenvalue weighted by molar-refractivity contribution is 0.551. The first-order valence-corrected chi connectivity index (χ1v) is 11.8. The predicted octanol–water partition coefficient (Wildman–Crippen LogP) is 7.05. The molecule has 182 valence electrons. The van der Waals surface area contributed by atoms with Crippen molar-refractivity contribution in [3.05, 3.63) is 99.7 Å². The summed E-state index contributed by atoms with van der Waals surface area (Å²) < 4.78 is 29.0. The number of nitrogens with two attached hydrogens (primary N) is 1. The fourth-order valence-electron chi connectivity index (χ4n) is 4.88. The minimum Gasteiger partial charge on any atom is -0.449 e. The highest BCUT2D eigenvalue weighted by Gasteiger charge is 2.22. The van der Waals surface area contributed by atoms with E-state index < -0.39 is 11.3 Å². The fourth-order valence-corrected chi connectivity index (χ4v) is 4.88. The van der Waals surface area contributed by atoms with Crippen LogP contribution in [0.15, 0.2) is 111 Å². The molecule has 0 aliphatic carbocycles. The van der Waals surface area contributed by atoms with E-state index in [0.717, 1.165) is 16.2 Å². The molecule has 8 heteroatoms. The molecule has 38 heavy (non-hydrogen) atoms. The summed E-state index contributed by atoms with van der Waals surface area (Å²) in [5.74, 6) is 0.549. The Morgan fingerprint density at radius 1 is 0.474 bits per heavy atom. The maximum Gasteiger partial charge on any atom is 0.347 e. The predicted molar refractivity (Wildman–Crippen MR) is 143 cm³/mol. The molecule has 8 aromatic rings. The summed E-state index contributed by atoms with van der Waals surface area (Å²) in [6.45, 7) is 0. The number of hydrogen-bond acceptors (Lipinski definition) is 8. The highest BCUT2D eigenvalue weighted by molar-refractivity contribution is 6.01. The molecular weight excluding hydrogens is 486 g/mol. The quantitative estimate of drug-likeness (QED) is 0.152. The first-order valence-electron chi connectivity index (χ1n) is 11.8. The summed E-state index contributed by atoms with van der Waals surface area (Å²) >= 11 is 0. The molecule has 5 aromatic heterocycles. The Morgan fingerprint density at radius 2 is 1.05 bits per heavy atom. The van der Waals surface area contributed by atoms with Crippen molar-refractivity contribution in [2.45, 2.75) is 0 Å². The molecule has 8 nitrogen and oxygen atoms in total. The molecule has 0 radical (unpaired) electrons. The van der Waals surface area contributed by atoms with Gasteiger partial charge in [-0.2, -0.15) is 0 Å². The van der Waals surface area contributed by atoms with Gasteiger partial charge in [0, 0.05) is 34.7 Å². The van der Waals surface area contributed by atoms with E-state index in [0.29, 0.717) is 44.6 Å². The number of anilines is 1. The average molecular weight is 501 g/mol. The van der Waals surface area contributed by atoms with E-state index in [-0.39, 0.29) is 22.6 Å². The van der Waals surface area contributed by atoms with Crippen LogP contribution in [0.1, 0.15) is 0 Å². The fraction of sp³-hybridized carbons (Fsp3) is 0. The first-order chi connectivity index (χ1) is 18.5. The van der Waals surface area contributed by atoms with Crippen molar-refractivity contribution in [3.8, 4) is 22.6 Å². The zero-order chi connectivity index (χ0) is 25.5. The van der Waals surface area contributed by atoms with Crippen LogP contribution in [0.25, 0.3) is 77.7 Å². The van der Waals surface area contributed by atoms with Crippen LogP contribution in [0.2, 0.25) is 0 Å². The molecule has 2 N–H and O–H groups in total. The second-order valence-electron chi connectivity index (χ2n) is 9.14. The van der Waals surface area contributed by atoms with Gasteiger partial charge in [0.05, 0.1) is 0 Å². The second kappa shape index (κ2) is 7.27. The van der Waals surface area contributed by atoms with E-state index in [1.807, 2.05) is 36.4 Å². The molecule has 0 aliphatic heterocycles. The Hall–Kier alpha value is -5.50. The molecule has 3 aromatic carbocycles. The van der Waals surface area contributed by atoms with Crippen molar-refractivity contribution < 1.29 is 22.1 Å². The van der Waals surface area contributed by atoms with Gasteiger partial charge in [0.25, 0.3) is 0 Å². The van der Waals surface area contributed by atoms with Gasteiger partial charge >= 0.3 is 11.3 Å². The van der Waals surface area contributed by atoms with Crippen LogP contribution < -0.4 is 17.0 Å². The van der Waals surface area contributed by atoms with E-state index in [2.05, 4.69) is 0 Å². The van der Waals surface area contributed by atoms with Gasteiger partial charge in [-0.3, -0.25) is 0 Å². The minimum absolute atomic E-state index is 0.232. The van der Waals surface area contributed by atoms with Crippen molar-refractivity contribution >= 4 is 60.7 Å². The molecule has 0 saturated carbocycles. The van der Waals surface area contributed by atoms with Gasteiger partial charge < -0.3 is 27.8 Å². The summed E-state index contributed by atoms with van der Waals surface area (Å²) in [4.78, 5) is 25.5. The molecule has 0 aliphatic rings. The largest absolute Gasteiger partial charge is 0.449 e. The van der Waals surface area contributed by atoms with Crippen LogP contribution in [0, 0.1) is 0 Å². The summed E-state index contributed by atoms with van der Waals surface area (Å²) in [7, 11) is 0. The molecule has 0 unspecified atom stereocenters. The SMILES string of the molecule is Nc1ccc2cc(-c3cc4oc5cc(-c6cc7cc8ccccc8cc7oc6=O)oc5c4o3)c(=O)oc2c1. The van der Waals surface area contributed by atoms with Crippen LogP contribution in [0.3, 0.4) is 0 Å². The highest BCUT2D eigenvalue weighted by atomic mass is 16.4. The summed E-state index contributed by atoms with van der Waals surface area (Å²) in [5.41, 5.74) is 7.97. The maximum absolute atomic E-state index is 12.9. The summed E-state index contributed by atoms with van der Waals surface area (Å²) in [6.07, 6.45) is 0. The number of nitrogen functional groups attached to an aromatic ring is 1. The first kappa shape index (κ1) is 20.7. The molecule has 0 spiro atoms. The van der Waals surface area contributed by atoms with Gasteiger partial charge in [0.15, 0.2) is 11.2 Å². The van der Waals surface area contributed by atoms with Crippen LogP contribution in [0.5, 0.6) is 0 Å².